The molecule has 2 aromatic rings. The molecule has 0 amide bonds. The van der Waals surface area contributed by atoms with Crippen LogP contribution in [-0.4, -0.2) is 22.7 Å². The minimum absolute atomic E-state index is 0.0865. The molecular weight excluding hydrogens is 246 g/mol. The molecule has 0 atom stereocenters. The summed E-state index contributed by atoms with van der Waals surface area (Å²) in [5, 5.41) is 8.86. The van der Waals surface area contributed by atoms with Gasteiger partial charge in [0.05, 0.1) is 18.4 Å². The van der Waals surface area contributed by atoms with Crippen molar-refractivity contribution in [3.8, 4) is 17.2 Å². The van der Waals surface area contributed by atoms with E-state index in [0.29, 0.717) is 18.1 Å². The highest BCUT2D eigenvalue weighted by Crippen LogP contribution is 2.23. The lowest BCUT2D eigenvalue weighted by Gasteiger charge is -2.07. The van der Waals surface area contributed by atoms with Gasteiger partial charge >= 0.3 is 5.97 Å². The van der Waals surface area contributed by atoms with Gasteiger partial charge in [-0.2, -0.15) is 0 Å². The topological polar surface area (TPSA) is 68.7 Å². The van der Waals surface area contributed by atoms with Gasteiger partial charge in [-0.1, -0.05) is 0 Å². The largest absolute Gasteiger partial charge is 0.494 e. The molecule has 1 aromatic carbocycles. The smallest absolute Gasteiger partial charge is 0.337 e. The predicted molar refractivity (Wildman–Crippen MR) is 68.9 cm³/mol. The van der Waals surface area contributed by atoms with E-state index in [2.05, 4.69) is 4.98 Å². The van der Waals surface area contributed by atoms with Crippen LogP contribution in [0.2, 0.25) is 0 Å². The van der Waals surface area contributed by atoms with Crippen LogP contribution in [0.1, 0.15) is 17.3 Å². The van der Waals surface area contributed by atoms with E-state index >= 15 is 0 Å². The molecule has 1 heterocycles. The number of carboxylic acids is 1. The first-order valence-electron chi connectivity index (χ1n) is 5.78. The molecule has 0 unspecified atom stereocenters. The number of aromatic carboxylic acids is 1. The molecule has 19 heavy (non-hydrogen) atoms. The average Bonchev–Trinajstić information content (AvgIpc) is 2.42. The number of ether oxygens (including phenoxy) is 2. The lowest BCUT2D eigenvalue weighted by atomic mass is 10.3. The van der Waals surface area contributed by atoms with Gasteiger partial charge in [0.1, 0.15) is 17.2 Å². The van der Waals surface area contributed by atoms with Crippen LogP contribution in [0, 0.1) is 0 Å². The highest BCUT2D eigenvalue weighted by molar-refractivity contribution is 5.87. The number of pyridine rings is 1. The van der Waals surface area contributed by atoms with Crippen LogP contribution >= 0.6 is 0 Å². The van der Waals surface area contributed by atoms with Gasteiger partial charge in [0.15, 0.2) is 0 Å². The van der Waals surface area contributed by atoms with Crippen molar-refractivity contribution < 1.29 is 19.4 Å². The Morgan fingerprint density at radius 2 is 1.84 bits per heavy atom. The molecule has 0 saturated heterocycles. The normalized spacial score (nSPS) is 9.95. The maximum atomic E-state index is 10.8. The van der Waals surface area contributed by atoms with Gasteiger partial charge in [-0.15, -0.1) is 0 Å². The van der Waals surface area contributed by atoms with Crippen LogP contribution < -0.4 is 9.47 Å². The number of hydrogen-bond acceptors (Lipinski definition) is 4. The zero-order valence-electron chi connectivity index (χ0n) is 10.4. The molecule has 0 aliphatic heterocycles. The van der Waals surface area contributed by atoms with Gasteiger partial charge in [0.25, 0.3) is 0 Å². The van der Waals surface area contributed by atoms with E-state index in [1.54, 1.807) is 24.3 Å². The standard InChI is InChI=1S/C14H13NO4/c1-2-18-11-3-5-12(6-4-11)19-13-7-10(14(16)17)8-15-9-13/h3-9H,2H2,1H3,(H,16,17). The van der Waals surface area contributed by atoms with Crippen LogP contribution in [-0.2, 0) is 0 Å². The van der Waals surface area contributed by atoms with E-state index < -0.39 is 5.97 Å². The average molecular weight is 259 g/mol. The number of rotatable bonds is 5. The lowest BCUT2D eigenvalue weighted by Crippen LogP contribution is -1.97. The second kappa shape index (κ2) is 5.86. The molecule has 0 fully saturated rings. The summed E-state index contributed by atoms with van der Waals surface area (Å²) in [6, 6.07) is 8.49. The van der Waals surface area contributed by atoms with Crippen LogP contribution in [0.15, 0.2) is 42.7 Å². The van der Waals surface area contributed by atoms with Crippen LogP contribution in [0.25, 0.3) is 0 Å². The fourth-order valence-electron chi connectivity index (χ4n) is 1.50. The third kappa shape index (κ3) is 3.45. The van der Waals surface area contributed by atoms with Gasteiger partial charge in [-0.25, -0.2) is 4.79 Å². The predicted octanol–water partition coefficient (Wildman–Crippen LogP) is 2.97. The number of carbonyl (C=O) groups is 1. The van der Waals surface area contributed by atoms with Crippen LogP contribution in [0.4, 0.5) is 0 Å². The van der Waals surface area contributed by atoms with Crippen molar-refractivity contribution in [2.75, 3.05) is 6.61 Å². The van der Waals surface area contributed by atoms with Crippen molar-refractivity contribution in [2.24, 2.45) is 0 Å². The summed E-state index contributed by atoms with van der Waals surface area (Å²) in [5.41, 5.74) is 0.0865. The molecule has 1 aromatic heterocycles. The molecule has 0 aliphatic rings. The Morgan fingerprint density at radius 3 is 2.47 bits per heavy atom. The minimum atomic E-state index is -1.04. The second-order valence-corrected chi connectivity index (χ2v) is 3.72. The molecule has 0 saturated carbocycles. The zero-order valence-corrected chi connectivity index (χ0v) is 10.4. The highest BCUT2D eigenvalue weighted by atomic mass is 16.5. The number of nitrogens with zero attached hydrogens (tertiary/aromatic N) is 1. The van der Waals surface area contributed by atoms with Gasteiger partial charge in [0, 0.05) is 6.20 Å². The fourth-order valence-corrected chi connectivity index (χ4v) is 1.50. The monoisotopic (exact) mass is 259 g/mol. The lowest BCUT2D eigenvalue weighted by molar-refractivity contribution is 0.0696. The van der Waals surface area contributed by atoms with Crippen molar-refractivity contribution >= 4 is 5.97 Å². The quantitative estimate of drug-likeness (QED) is 0.893. The fraction of sp³-hybridized carbons (Fsp3) is 0.143. The molecule has 98 valence electrons. The Balaban J connectivity index is 2.12. The van der Waals surface area contributed by atoms with E-state index in [1.807, 2.05) is 6.92 Å². The Labute approximate surface area is 110 Å². The SMILES string of the molecule is CCOc1ccc(Oc2cncc(C(=O)O)c2)cc1. The number of hydrogen-bond donors (Lipinski definition) is 1. The van der Waals surface area contributed by atoms with E-state index in [-0.39, 0.29) is 5.56 Å². The van der Waals surface area contributed by atoms with E-state index in [4.69, 9.17) is 14.6 Å². The first-order valence-corrected chi connectivity index (χ1v) is 5.78. The third-order valence-electron chi connectivity index (χ3n) is 2.33. The third-order valence-corrected chi connectivity index (χ3v) is 2.33. The summed E-state index contributed by atoms with van der Waals surface area (Å²) >= 11 is 0. The van der Waals surface area contributed by atoms with Crippen molar-refractivity contribution in [3.63, 3.8) is 0 Å². The molecule has 5 heteroatoms. The summed E-state index contributed by atoms with van der Waals surface area (Å²) in [5.74, 6) is 0.689. The molecule has 1 N–H and O–H groups in total. The first-order chi connectivity index (χ1) is 9.19. The van der Waals surface area contributed by atoms with Crippen LogP contribution in [0.5, 0.6) is 17.2 Å². The molecule has 0 radical (unpaired) electrons. The Kier molecular flexibility index (Phi) is 3.97. The van der Waals surface area contributed by atoms with Gasteiger partial charge in [-0.3, -0.25) is 4.98 Å². The Morgan fingerprint density at radius 1 is 1.16 bits per heavy atom. The van der Waals surface area contributed by atoms with E-state index in [1.165, 1.54) is 18.5 Å². The van der Waals surface area contributed by atoms with Crippen LogP contribution in [0.3, 0.4) is 0 Å². The molecule has 0 bridgehead atoms. The molecule has 0 aliphatic carbocycles. The van der Waals surface area contributed by atoms with Gasteiger partial charge in [-0.05, 0) is 37.3 Å². The van der Waals surface area contributed by atoms with E-state index in [9.17, 15) is 4.79 Å². The molecule has 5 nitrogen and oxygen atoms in total. The van der Waals surface area contributed by atoms with Crippen molar-refractivity contribution in [1.82, 2.24) is 4.98 Å². The maximum Gasteiger partial charge on any atom is 0.337 e. The maximum absolute atomic E-state index is 10.8. The van der Waals surface area contributed by atoms with Crippen molar-refractivity contribution in [2.45, 2.75) is 6.92 Å². The van der Waals surface area contributed by atoms with Gasteiger partial charge < -0.3 is 14.6 Å². The highest BCUT2D eigenvalue weighted by Gasteiger charge is 2.05. The summed E-state index contributed by atoms with van der Waals surface area (Å²) in [4.78, 5) is 14.6. The number of carboxylic acid groups (broad SMARTS) is 1. The number of benzene rings is 1. The zero-order chi connectivity index (χ0) is 13.7. The molecule has 2 rings (SSSR count). The number of aromatic nitrogens is 1. The Hall–Kier alpha value is -2.56. The minimum Gasteiger partial charge on any atom is -0.494 e. The molecular formula is C14H13NO4. The van der Waals surface area contributed by atoms with E-state index in [0.717, 1.165) is 5.75 Å². The summed E-state index contributed by atoms with van der Waals surface area (Å²) in [6.07, 6.45) is 2.73. The summed E-state index contributed by atoms with van der Waals surface area (Å²) in [6.45, 7) is 2.51. The summed E-state index contributed by atoms with van der Waals surface area (Å²) in [7, 11) is 0. The Bertz CT molecular complexity index is 566. The molecule has 0 spiro atoms. The van der Waals surface area contributed by atoms with Crippen molar-refractivity contribution in [3.05, 3.63) is 48.3 Å². The summed E-state index contributed by atoms with van der Waals surface area (Å²) < 4.78 is 10.8. The second-order valence-electron chi connectivity index (χ2n) is 3.72. The van der Waals surface area contributed by atoms with Crippen molar-refractivity contribution in [1.29, 1.82) is 0 Å². The first kappa shape index (κ1) is 12.9. The van der Waals surface area contributed by atoms with Gasteiger partial charge in [0.2, 0.25) is 0 Å².